The molecule has 5 heteroatoms. The lowest BCUT2D eigenvalue weighted by Crippen LogP contribution is -2.41. The SMILES string of the molecule is CCN(Cc1nnc2n1CCCC2)C1CCC(N)CC1. The quantitative estimate of drug-likeness (QED) is 0.910. The predicted molar refractivity (Wildman–Crippen MR) is 79.3 cm³/mol. The molecule has 0 aromatic carbocycles. The third kappa shape index (κ3) is 2.88. The highest BCUT2D eigenvalue weighted by Gasteiger charge is 2.25. The van der Waals surface area contributed by atoms with Crippen molar-refractivity contribution >= 4 is 0 Å². The van der Waals surface area contributed by atoms with E-state index in [0.717, 1.165) is 31.9 Å². The standard InChI is InChI=1S/C15H27N5/c1-2-19(13-8-6-12(16)7-9-13)11-15-18-17-14-5-3-4-10-20(14)15/h12-13H,2-11,16H2,1H3. The molecule has 1 aromatic rings. The van der Waals surface area contributed by atoms with Gasteiger partial charge < -0.3 is 10.3 Å². The zero-order chi connectivity index (χ0) is 13.9. The Morgan fingerprint density at radius 1 is 1.20 bits per heavy atom. The normalized spacial score (nSPS) is 26.8. The lowest BCUT2D eigenvalue weighted by atomic mass is 9.90. The molecule has 1 fully saturated rings. The summed E-state index contributed by atoms with van der Waals surface area (Å²) < 4.78 is 2.35. The highest BCUT2D eigenvalue weighted by molar-refractivity contribution is 4.99. The molecule has 1 aliphatic carbocycles. The highest BCUT2D eigenvalue weighted by Crippen LogP contribution is 2.24. The molecule has 0 bridgehead atoms. The van der Waals surface area contributed by atoms with Crippen LogP contribution < -0.4 is 5.73 Å². The minimum absolute atomic E-state index is 0.422. The topological polar surface area (TPSA) is 60.0 Å². The van der Waals surface area contributed by atoms with Crippen LogP contribution in [-0.2, 0) is 19.5 Å². The van der Waals surface area contributed by atoms with Crippen LogP contribution in [0.3, 0.4) is 0 Å². The van der Waals surface area contributed by atoms with Gasteiger partial charge in [0.2, 0.25) is 0 Å². The van der Waals surface area contributed by atoms with Crippen molar-refractivity contribution < 1.29 is 0 Å². The monoisotopic (exact) mass is 277 g/mol. The fourth-order valence-corrected chi connectivity index (χ4v) is 3.63. The number of aryl methyl sites for hydroxylation is 1. The van der Waals surface area contributed by atoms with E-state index in [1.165, 1.54) is 44.3 Å². The fraction of sp³-hybridized carbons (Fsp3) is 0.867. The first-order chi connectivity index (χ1) is 9.78. The van der Waals surface area contributed by atoms with Crippen LogP contribution in [0.25, 0.3) is 0 Å². The Balaban J connectivity index is 1.67. The van der Waals surface area contributed by atoms with Crippen LogP contribution in [0.15, 0.2) is 0 Å². The van der Waals surface area contributed by atoms with Crippen LogP contribution in [0, 0.1) is 0 Å². The Bertz CT molecular complexity index is 433. The Morgan fingerprint density at radius 3 is 2.75 bits per heavy atom. The van der Waals surface area contributed by atoms with Crippen LogP contribution in [0.1, 0.15) is 57.1 Å². The Kier molecular flexibility index (Phi) is 4.36. The zero-order valence-corrected chi connectivity index (χ0v) is 12.6. The molecule has 0 amide bonds. The van der Waals surface area contributed by atoms with Crippen LogP contribution in [0.4, 0.5) is 0 Å². The van der Waals surface area contributed by atoms with E-state index < -0.39 is 0 Å². The molecule has 1 saturated carbocycles. The minimum atomic E-state index is 0.422. The van der Waals surface area contributed by atoms with E-state index in [2.05, 4.69) is 26.6 Å². The van der Waals surface area contributed by atoms with Gasteiger partial charge in [-0.1, -0.05) is 6.92 Å². The summed E-state index contributed by atoms with van der Waals surface area (Å²) in [5.74, 6) is 2.35. The van der Waals surface area contributed by atoms with Gasteiger partial charge in [-0.3, -0.25) is 4.90 Å². The molecular weight excluding hydrogens is 250 g/mol. The number of rotatable bonds is 4. The molecule has 112 valence electrons. The van der Waals surface area contributed by atoms with Gasteiger partial charge in [0, 0.05) is 25.0 Å². The number of nitrogens with zero attached hydrogens (tertiary/aromatic N) is 4. The smallest absolute Gasteiger partial charge is 0.147 e. The van der Waals surface area contributed by atoms with Crippen molar-refractivity contribution in [3.8, 4) is 0 Å². The fourth-order valence-electron chi connectivity index (χ4n) is 3.63. The molecule has 0 unspecified atom stereocenters. The average Bonchev–Trinajstić information content (AvgIpc) is 2.89. The summed E-state index contributed by atoms with van der Waals surface area (Å²) in [6.45, 7) is 5.39. The van der Waals surface area contributed by atoms with Gasteiger partial charge >= 0.3 is 0 Å². The second-order valence-electron chi connectivity index (χ2n) is 6.27. The van der Waals surface area contributed by atoms with Crippen LogP contribution in [-0.4, -0.2) is 38.3 Å². The number of hydrogen-bond acceptors (Lipinski definition) is 4. The van der Waals surface area contributed by atoms with Gasteiger partial charge in [-0.2, -0.15) is 0 Å². The largest absolute Gasteiger partial charge is 0.328 e. The molecular formula is C15H27N5. The van der Waals surface area contributed by atoms with Gasteiger partial charge in [-0.05, 0) is 45.1 Å². The third-order valence-corrected chi connectivity index (χ3v) is 4.94. The number of aromatic nitrogens is 3. The van der Waals surface area contributed by atoms with Crippen LogP contribution in [0.5, 0.6) is 0 Å². The molecule has 2 heterocycles. The number of hydrogen-bond donors (Lipinski definition) is 1. The summed E-state index contributed by atoms with van der Waals surface area (Å²) in [6, 6.07) is 1.10. The molecule has 1 aliphatic heterocycles. The second kappa shape index (κ2) is 6.22. The molecule has 5 nitrogen and oxygen atoms in total. The third-order valence-electron chi connectivity index (χ3n) is 4.94. The Labute approximate surface area is 121 Å². The molecule has 1 aromatic heterocycles. The van der Waals surface area contributed by atoms with Gasteiger partial charge in [0.1, 0.15) is 11.6 Å². The van der Waals surface area contributed by atoms with Crippen molar-refractivity contribution in [3.05, 3.63) is 11.6 Å². The maximum atomic E-state index is 6.02. The van der Waals surface area contributed by atoms with Crippen molar-refractivity contribution in [1.82, 2.24) is 19.7 Å². The maximum Gasteiger partial charge on any atom is 0.147 e. The van der Waals surface area contributed by atoms with Crippen LogP contribution >= 0.6 is 0 Å². The van der Waals surface area contributed by atoms with Crippen molar-refractivity contribution in [2.45, 2.75) is 77.0 Å². The van der Waals surface area contributed by atoms with Crippen molar-refractivity contribution in [3.63, 3.8) is 0 Å². The first kappa shape index (κ1) is 14.0. The molecule has 0 atom stereocenters. The van der Waals surface area contributed by atoms with E-state index in [9.17, 15) is 0 Å². The molecule has 3 rings (SSSR count). The highest BCUT2D eigenvalue weighted by atomic mass is 15.3. The van der Waals surface area contributed by atoms with Gasteiger partial charge in [0.15, 0.2) is 0 Å². The van der Waals surface area contributed by atoms with E-state index in [1.807, 2.05) is 0 Å². The van der Waals surface area contributed by atoms with E-state index in [4.69, 9.17) is 5.73 Å². The van der Waals surface area contributed by atoms with Crippen LogP contribution in [0.2, 0.25) is 0 Å². The van der Waals surface area contributed by atoms with E-state index in [1.54, 1.807) is 0 Å². The average molecular weight is 277 g/mol. The first-order valence-corrected chi connectivity index (χ1v) is 8.18. The molecule has 0 saturated heterocycles. The molecule has 20 heavy (non-hydrogen) atoms. The number of nitrogens with two attached hydrogens (primary N) is 1. The molecule has 0 radical (unpaired) electrons. The summed E-state index contributed by atoms with van der Waals surface area (Å²) in [5, 5.41) is 8.81. The maximum absolute atomic E-state index is 6.02. The summed E-state index contributed by atoms with van der Waals surface area (Å²) in [5.41, 5.74) is 6.02. The van der Waals surface area contributed by atoms with E-state index in [0.29, 0.717) is 12.1 Å². The summed E-state index contributed by atoms with van der Waals surface area (Å²) in [7, 11) is 0. The lowest BCUT2D eigenvalue weighted by molar-refractivity contribution is 0.144. The van der Waals surface area contributed by atoms with Crippen molar-refractivity contribution in [2.75, 3.05) is 6.54 Å². The van der Waals surface area contributed by atoms with Gasteiger partial charge in [-0.15, -0.1) is 10.2 Å². The Hall–Kier alpha value is -0.940. The summed E-state index contributed by atoms with van der Waals surface area (Å²) in [4.78, 5) is 2.57. The molecule has 2 N–H and O–H groups in total. The Morgan fingerprint density at radius 2 is 2.00 bits per heavy atom. The van der Waals surface area contributed by atoms with Gasteiger partial charge in [0.05, 0.1) is 6.54 Å². The minimum Gasteiger partial charge on any atom is -0.328 e. The van der Waals surface area contributed by atoms with Gasteiger partial charge in [0.25, 0.3) is 0 Å². The van der Waals surface area contributed by atoms with Crippen molar-refractivity contribution in [2.24, 2.45) is 5.73 Å². The zero-order valence-electron chi connectivity index (χ0n) is 12.6. The first-order valence-electron chi connectivity index (χ1n) is 8.18. The number of fused-ring (bicyclic) bond motifs is 1. The molecule has 2 aliphatic rings. The van der Waals surface area contributed by atoms with Gasteiger partial charge in [-0.25, -0.2) is 0 Å². The van der Waals surface area contributed by atoms with Crippen molar-refractivity contribution in [1.29, 1.82) is 0 Å². The predicted octanol–water partition coefficient (Wildman–Crippen LogP) is 1.71. The molecule has 0 spiro atoms. The van der Waals surface area contributed by atoms with E-state index >= 15 is 0 Å². The second-order valence-corrected chi connectivity index (χ2v) is 6.27. The van der Waals surface area contributed by atoms with E-state index in [-0.39, 0.29) is 0 Å². The lowest BCUT2D eigenvalue weighted by Gasteiger charge is -2.35. The summed E-state index contributed by atoms with van der Waals surface area (Å²) >= 11 is 0. The summed E-state index contributed by atoms with van der Waals surface area (Å²) in [6.07, 6.45) is 8.42.